The van der Waals surface area contributed by atoms with E-state index in [9.17, 15) is 29.8 Å². The molecule has 0 aliphatic heterocycles. The zero-order valence-corrected chi connectivity index (χ0v) is 20.9. The Morgan fingerprint density at radius 3 is 1.15 bits per heavy atom. The molecule has 0 aliphatic carbocycles. The first-order chi connectivity index (χ1) is 18.6. The minimum atomic E-state index is -0.524. The predicted molar refractivity (Wildman–Crippen MR) is 145 cm³/mol. The molecule has 0 N–H and O–H groups in total. The Morgan fingerprint density at radius 1 is 0.564 bits per heavy atom. The summed E-state index contributed by atoms with van der Waals surface area (Å²) in [7, 11) is 3.21. The van der Waals surface area contributed by atoms with Crippen molar-refractivity contribution in [2.24, 2.45) is 0 Å². The molecule has 4 rings (SSSR count). The Balaban J connectivity index is 1.38. The van der Waals surface area contributed by atoms with E-state index in [0.29, 0.717) is 34.0 Å². The molecule has 0 aromatic heterocycles. The maximum absolute atomic E-state index is 12.7. The maximum Gasteiger partial charge on any atom is 0.269 e. The van der Waals surface area contributed by atoms with E-state index in [2.05, 4.69) is 0 Å². The van der Waals surface area contributed by atoms with Crippen LogP contribution in [-0.2, 0) is 0 Å². The summed E-state index contributed by atoms with van der Waals surface area (Å²) in [5, 5.41) is 21.6. The van der Waals surface area contributed by atoms with Crippen molar-refractivity contribution in [3.05, 3.63) is 128 Å². The molecular weight excluding hydrogens is 504 g/mol. The summed E-state index contributed by atoms with van der Waals surface area (Å²) in [6.07, 6.45) is 0. The molecule has 11 nitrogen and oxygen atoms in total. The minimum absolute atomic E-state index is 0.0912. The third-order valence-corrected chi connectivity index (χ3v) is 5.94. The van der Waals surface area contributed by atoms with Gasteiger partial charge in [-0.3, -0.25) is 29.8 Å². The van der Waals surface area contributed by atoms with E-state index >= 15 is 0 Å². The number of carbonyl (C=O) groups is 2. The smallest absolute Gasteiger partial charge is 0.269 e. The number of nitrogens with zero attached hydrogens (tertiary/aromatic N) is 4. The normalized spacial score (nSPS) is 10.4. The van der Waals surface area contributed by atoms with Crippen molar-refractivity contribution in [2.75, 3.05) is 23.9 Å². The largest absolute Gasteiger partial charge is 0.457 e. The number of nitro benzene ring substituents is 2. The van der Waals surface area contributed by atoms with Gasteiger partial charge in [0.1, 0.15) is 11.5 Å². The molecule has 39 heavy (non-hydrogen) atoms. The lowest BCUT2D eigenvalue weighted by Crippen LogP contribution is -2.26. The summed E-state index contributed by atoms with van der Waals surface area (Å²) in [5.74, 6) is 0.416. The zero-order valence-electron chi connectivity index (χ0n) is 20.9. The highest BCUT2D eigenvalue weighted by atomic mass is 16.6. The van der Waals surface area contributed by atoms with Crippen LogP contribution in [0.3, 0.4) is 0 Å². The predicted octanol–water partition coefficient (Wildman–Crippen LogP) is 5.85. The average Bonchev–Trinajstić information content (AvgIpc) is 2.96. The summed E-state index contributed by atoms with van der Waals surface area (Å²) in [6, 6.07) is 24.4. The molecular formula is C28H22N4O7. The van der Waals surface area contributed by atoms with Crippen LogP contribution < -0.4 is 14.5 Å². The molecule has 0 saturated carbocycles. The van der Waals surface area contributed by atoms with E-state index in [4.69, 9.17) is 4.74 Å². The van der Waals surface area contributed by atoms with E-state index in [1.807, 2.05) is 0 Å². The second-order valence-electron chi connectivity index (χ2n) is 8.43. The van der Waals surface area contributed by atoms with Gasteiger partial charge in [0.25, 0.3) is 23.2 Å². The van der Waals surface area contributed by atoms with Crippen molar-refractivity contribution in [1.82, 2.24) is 0 Å². The van der Waals surface area contributed by atoms with Crippen LogP contribution in [0, 0.1) is 20.2 Å². The fourth-order valence-electron chi connectivity index (χ4n) is 3.68. The number of hydrogen-bond donors (Lipinski definition) is 0. The molecule has 4 aromatic rings. The number of benzene rings is 4. The third kappa shape index (κ3) is 6.05. The first kappa shape index (κ1) is 26.5. The van der Waals surface area contributed by atoms with Gasteiger partial charge in [-0.15, -0.1) is 0 Å². The van der Waals surface area contributed by atoms with Crippen LogP contribution in [0.25, 0.3) is 0 Å². The standard InChI is InChI=1S/C28H22N4O7/c1-29(27(33)19-3-7-23(8-4-19)31(35)36)21-11-15-25(16-12-21)39-26-17-13-22(14-18-26)30(2)28(34)20-5-9-24(10-6-20)32(37)38/h3-18H,1-2H3. The Kier molecular flexibility index (Phi) is 7.62. The highest BCUT2D eigenvalue weighted by Gasteiger charge is 2.17. The van der Waals surface area contributed by atoms with Crippen molar-refractivity contribution in [2.45, 2.75) is 0 Å². The van der Waals surface area contributed by atoms with E-state index in [1.54, 1.807) is 62.6 Å². The summed E-state index contributed by atoms with van der Waals surface area (Å²) in [6.45, 7) is 0. The van der Waals surface area contributed by atoms with Gasteiger partial charge in [-0.2, -0.15) is 0 Å². The summed E-state index contributed by atoms with van der Waals surface area (Å²) >= 11 is 0. The van der Waals surface area contributed by atoms with Crippen molar-refractivity contribution in [3.63, 3.8) is 0 Å². The van der Waals surface area contributed by atoms with Gasteiger partial charge < -0.3 is 14.5 Å². The number of non-ortho nitro benzene ring substituents is 2. The molecule has 2 amide bonds. The van der Waals surface area contributed by atoms with Gasteiger partial charge in [0.15, 0.2) is 0 Å². The van der Waals surface area contributed by atoms with Gasteiger partial charge in [0.2, 0.25) is 0 Å². The Labute approximate surface area is 222 Å². The van der Waals surface area contributed by atoms with Crippen molar-refractivity contribution in [1.29, 1.82) is 0 Å². The maximum atomic E-state index is 12.7. The summed E-state index contributed by atoms with van der Waals surface area (Å²) < 4.78 is 5.87. The fourth-order valence-corrected chi connectivity index (χ4v) is 3.68. The van der Waals surface area contributed by atoms with E-state index in [-0.39, 0.29) is 23.2 Å². The summed E-state index contributed by atoms with van der Waals surface area (Å²) in [4.78, 5) is 48.9. The highest BCUT2D eigenvalue weighted by Crippen LogP contribution is 2.27. The SMILES string of the molecule is CN(C(=O)c1ccc([N+](=O)[O-])cc1)c1ccc(Oc2ccc(N(C)C(=O)c3ccc([N+](=O)[O-])cc3)cc2)cc1. The third-order valence-electron chi connectivity index (χ3n) is 5.94. The van der Waals surface area contributed by atoms with Crippen LogP contribution in [0.1, 0.15) is 20.7 Å². The average molecular weight is 527 g/mol. The molecule has 0 saturated heterocycles. The van der Waals surface area contributed by atoms with Crippen LogP contribution in [-0.4, -0.2) is 35.8 Å². The highest BCUT2D eigenvalue weighted by molar-refractivity contribution is 6.06. The Hall–Kier alpha value is -5.58. The lowest BCUT2D eigenvalue weighted by molar-refractivity contribution is -0.385. The molecule has 0 aliphatic rings. The lowest BCUT2D eigenvalue weighted by Gasteiger charge is -2.18. The second-order valence-corrected chi connectivity index (χ2v) is 8.43. The van der Waals surface area contributed by atoms with Gasteiger partial charge in [0, 0.05) is 60.9 Å². The van der Waals surface area contributed by atoms with Crippen molar-refractivity contribution in [3.8, 4) is 11.5 Å². The number of carbonyl (C=O) groups excluding carboxylic acids is 2. The van der Waals surface area contributed by atoms with Crippen LogP contribution in [0.4, 0.5) is 22.7 Å². The number of hydrogen-bond acceptors (Lipinski definition) is 7. The van der Waals surface area contributed by atoms with Crippen LogP contribution in [0.5, 0.6) is 11.5 Å². The molecule has 0 spiro atoms. The molecule has 0 heterocycles. The lowest BCUT2D eigenvalue weighted by atomic mass is 10.1. The molecule has 4 aromatic carbocycles. The minimum Gasteiger partial charge on any atom is -0.457 e. The number of ether oxygens (including phenoxy) is 1. The number of anilines is 2. The van der Waals surface area contributed by atoms with Crippen molar-refractivity contribution < 1.29 is 24.2 Å². The molecule has 196 valence electrons. The molecule has 11 heteroatoms. The van der Waals surface area contributed by atoms with Gasteiger partial charge >= 0.3 is 0 Å². The van der Waals surface area contributed by atoms with E-state index in [1.165, 1.54) is 58.3 Å². The first-order valence-electron chi connectivity index (χ1n) is 11.6. The molecule has 0 fully saturated rings. The topological polar surface area (TPSA) is 136 Å². The number of nitro groups is 2. The van der Waals surface area contributed by atoms with Gasteiger partial charge in [-0.25, -0.2) is 0 Å². The zero-order chi connectivity index (χ0) is 28.1. The van der Waals surface area contributed by atoms with Gasteiger partial charge in [-0.05, 0) is 72.8 Å². The Bertz CT molecular complexity index is 1400. The van der Waals surface area contributed by atoms with Crippen LogP contribution in [0.2, 0.25) is 0 Å². The van der Waals surface area contributed by atoms with Gasteiger partial charge in [-0.1, -0.05) is 0 Å². The summed E-state index contributed by atoms with van der Waals surface area (Å²) in [5.41, 5.74) is 1.67. The quantitative estimate of drug-likeness (QED) is 0.207. The molecule has 0 unspecified atom stereocenters. The van der Waals surface area contributed by atoms with Crippen LogP contribution >= 0.6 is 0 Å². The fraction of sp³-hybridized carbons (Fsp3) is 0.0714. The van der Waals surface area contributed by atoms with Crippen LogP contribution in [0.15, 0.2) is 97.1 Å². The molecule has 0 bridgehead atoms. The Morgan fingerprint density at radius 2 is 0.872 bits per heavy atom. The molecule has 0 atom stereocenters. The monoisotopic (exact) mass is 526 g/mol. The number of rotatable bonds is 8. The van der Waals surface area contributed by atoms with E-state index in [0.717, 1.165) is 0 Å². The first-order valence-corrected chi connectivity index (χ1v) is 11.6. The second kappa shape index (κ2) is 11.2. The number of amides is 2. The molecule has 0 radical (unpaired) electrons. The van der Waals surface area contributed by atoms with Crippen molar-refractivity contribution >= 4 is 34.6 Å². The van der Waals surface area contributed by atoms with E-state index < -0.39 is 9.85 Å². The van der Waals surface area contributed by atoms with Gasteiger partial charge in [0.05, 0.1) is 9.85 Å².